The molecule has 19 heavy (non-hydrogen) atoms. The van der Waals surface area contributed by atoms with Gasteiger partial charge in [0.15, 0.2) is 0 Å². The van der Waals surface area contributed by atoms with Crippen molar-refractivity contribution in [2.75, 3.05) is 16.8 Å². The average molecular weight is 279 g/mol. The zero-order valence-electron chi connectivity index (χ0n) is 10.3. The minimum atomic E-state index is -0.243. The molecule has 1 N–H and O–H groups in total. The highest BCUT2D eigenvalue weighted by Crippen LogP contribution is 2.24. The maximum Gasteiger partial charge on any atom is 0.146 e. The molecule has 1 saturated heterocycles. The fourth-order valence-electron chi connectivity index (χ4n) is 2.12. The van der Waals surface area contributed by atoms with E-state index in [4.69, 9.17) is 0 Å². The Morgan fingerprint density at radius 3 is 3.11 bits per heavy atom. The fraction of sp³-hybridized carbons (Fsp3) is 0.417. The van der Waals surface area contributed by atoms with Gasteiger partial charge in [-0.25, -0.2) is 9.07 Å². The number of halogens is 1. The van der Waals surface area contributed by atoms with E-state index in [0.717, 1.165) is 17.9 Å². The molecule has 2 heterocycles. The summed E-state index contributed by atoms with van der Waals surface area (Å²) >= 11 is 1.91. The summed E-state index contributed by atoms with van der Waals surface area (Å²) in [5.41, 5.74) is 1.26. The van der Waals surface area contributed by atoms with Crippen LogP contribution in [0.4, 0.5) is 10.1 Å². The minimum absolute atomic E-state index is 0.243. The summed E-state index contributed by atoms with van der Waals surface area (Å²) in [6, 6.07) is 5.17. The van der Waals surface area contributed by atoms with Crippen molar-refractivity contribution in [3.8, 4) is 5.69 Å². The second-order valence-corrected chi connectivity index (χ2v) is 5.63. The highest BCUT2D eigenvalue weighted by Gasteiger charge is 2.15. The number of rotatable bonds is 3. The highest BCUT2D eigenvalue weighted by atomic mass is 32.2. The number of nitrogens with one attached hydrogen (secondary N) is 1. The third-order valence-electron chi connectivity index (χ3n) is 3.08. The number of nitrogens with zero attached hydrogens (tertiary/aromatic N) is 4. The Morgan fingerprint density at radius 1 is 1.42 bits per heavy atom. The maximum absolute atomic E-state index is 13.8. The molecule has 0 spiro atoms. The molecular weight excluding hydrogens is 265 g/mol. The van der Waals surface area contributed by atoms with Crippen LogP contribution in [0.5, 0.6) is 0 Å². The number of tetrazole rings is 1. The summed E-state index contributed by atoms with van der Waals surface area (Å²) < 4.78 is 15.4. The molecule has 0 aliphatic carbocycles. The van der Waals surface area contributed by atoms with E-state index in [0.29, 0.717) is 11.7 Å². The zero-order valence-corrected chi connectivity index (χ0v) is 11.1. The predicted octanol–water partition coefficient (Wildman–Crippen LogP) is 2.11. The van der Waals surface area contributed by atoms with Crippen LogP contribution in [0.15, 0.2) is 24.5 Å². The molecule has 1 fully saturated rings. The van der Waals surface area contributed by atoms with Crippen LogP contribution < -0.4 is 5.32 Å². The van der Waals surface area contributed by atoms with Crippen molar-refractivity contribution < 1.29 is 4.39 Å². The highest BCUT2D eigenvalue weighted by molar-refractivity contribution is 7.99. The van der Waals surface area contributed by atoms with Crippen molar-refractivity contribution in [1.29, 1.82) is 0 Å². The molecule has 0 radical (unpaired) electrons. The molecule has 1 atom stereocenters. The third kappa shape index (κ3) is 2.86. The predicted molar refractivity (Wildman–Crippen MR) is 73.1 cm³/mol. The largest absolute Gasteiger partial charge is 0.379 e. The van der Waals surface area contributed by atoms with Crippen molar-refractivity contribution in [2.45, 2.75) is 18.9 Å². The van der Waals surface area contributed by atoms with Gasteiger partial charge in [0.05, 0.1) is 11.4 Å². The van der Waals surface area contributed by atoms with Crippen LogP contribution in [0.25, 0.3) is 5.69 Å². The van der Waals surface area contributed by atoms with E-state index < -0.39 is 0 Å². The van der Waals surface area contributed by atoms with Gasteiger partial charge in [-0.2, -0.15) is 11.8 Å². The summed E-state index contributed by atoms with van der Waals surface area (Å²) in [7, 11) is 0. The van der Waals surface area contributed by atoms with Crippen molar-refractivity contribution >= 4 is 17.4 Å². The molecule has 1 aromatic heterocycles. The Hall–Kier alpha value is -1.63. The minimum Gasteiger partial charge on any atom is -0.379 e. The van der Waals surface area contributed by atoms with Gasteiger partial charge in [0.25, 0.3) is 0 Å². The quantitative estimate of drug-likeness (QED) is 0.932. The first-order valence-corrected chi connectivity index (χ1v) is 7.35. The SMILES string of the molecule is Fc1ccc(-n2cnnn2)cc1NC1CCCSC1. The smallest absolute Gasteiger partial charge is 0.146 e. The van der Waals surface area contributed by atoms with Gasteiger partial charge in [-0.1, -0.05) is 0 Å². The van der Waals surface area contributed by atoms with E-state index >= 15 is 0 Å². The number of anilines is 1. The molecule has 0 bridgehead atoms. The fourth-order valence-corrected chi connectivity index (χ4v) is 3.19. The normalized spacial score (nSPS) is 19.3. The van der Waals surface area contributed by atoms with Crippen LogP contribution in [0, 0.1) is 5.82 Å². The second kappa shape index (κ2) is 5.56. The molecule has 2 aromatic rings. The lowest BCUT2D eigenvalue weighted by atomic mass is 10.1. The van der Waals surface area contributed by atoms with E-state index in [2.05, 4.69) is 20.8 Å². The van der Waals surface area contributed by atoms with Crippen LogP contribution >= 0.6 is 11.8 Å². The molecule has 1 aliphatic heterocycles. The van der Waals surface area contributed by atoms with Crippen LogP contribution in [0.2, 0.25) is 0 Å². The Labute approximate surface area is 114 Å². The van der Waals surface area contributed by atoms with Gasteiger partial charge in [0.2, 0.25) is 0 Å². The van der Waals surface area contributed by atoms with E-state index in [-0.39, 0.29) is 5.82 Å². The van der Waals surface area contributed by atoms with Gasteiger partial charge in [0, 0.05) is 11.8 Å². The van der Waals surface area contributed by atoms with Crippen molar-refractivity contribution in [3.05, 3.63) is 30.3 Å². The lowest BCUT2D eigenvalue weighted by molar-refractivity contribution is 0.618. The van der Waals surface area contributed by atoms with Gasteiger partial charge < -0.3 is 5.32 Å². The standard InChI is InChI=1S/C12H14FN5S/c13-11-4-3-10(18-8-14-16-17-18)6-12(11)15-9-2-1-5-19-7-9/h3-4,6,8-9,15H,1-2,5,7H2. The Balaban J connectivity index is 1.81. The number of hydrogen-bond donors (Lipinski definition) is 1. The second-order valence-electron chi connectivity index (χ2n) is 4.48. The van der Waals surface area contributed by atoms with Gasteiger partial charge in [-0.05, 0) is 47.2 Å². The summed E-state index contributed by atoms with van der Waals surface area (Å²) in [5.74, 6) is 1.98. The van der Waals surface area contributed by atoms with Gasteiger partial charge >= 0.3 is 0 Å². The molecule has 1 unspecified atom stereocenters. The number of hydrogen-bond acceptors (Lipinski definition) is 5. The van der Waals surface area contributed by atoms with E-state index in [1.165, 1.54) is 29.2 Å². The Bertz CT molecular complexity index is 539. The Morgan fingerprint density at radius 2 is 2.37 bits per heavy atom. The van der Waals surface area contributed by atoms with Crippen LogP contribution in [0.1, 0.15) is 12.8 Å². The van der Waals surface area contributed by atoms with Gasteiger partial charge in [-0.3, -0.25) is 0 Å². The first-order chi connectivity index (χ1) is 9.33. The van der Waals surface area contributed by atoms with Gasteiger partial charge in [0.1, 0.15) is 12.1 Å². The van der Waals surface area contributed by atoms with Crippen LogP contribution in [-0.2, 0) is 0 Å². The van der Waals surface area contributed by atoms with Crippen LogP contribution in [-0.4, -0.2) is 37.8 Å². The molecular formula is C12H14FN5S. The summed E-state index contributed by atoms with van der Waals surface area (Å²) in [6.07, 6.45) is 3.76. The number of benzene rings is 1. The van der Waals surface area contributed by atoms with Crippen molar-refractivity contribution in [3.63, 3.8) is 0 Å². The van der Waals surface area contributed by atoms with E-state index in [1.807, 2.05) is 11.8 Å². The zero-order chi connectivity index (χ0) is 13.1. The van der Waals surface area contributed by atoms with Crippen molar-refractivity contribution in [2.24, 2.45) is 0 Å². The molecule has 5 nitrogen and oxygen atoms in total. The summed E-state index contributed by atoms with van der Waals surface area (Å²) in [6.45, 7) is 0. The first kappa shape index (κ1) is 12.4. The summed E-state index contributed by atoms with van der Waals surface area (Å²) in [5, 5.41) is 14.2. The molecule has 1 aromatic carbocycles. The van der Waals surface area contributed by atoms with E-state index in [9.17, 15) is 4.39 Å². The van der Waals surface area contributed by atoms with Crippen molar-refractivity contribution in [1.82, 2.24) is 20.2 Å². The molecule has 3 rings (SSSR count). The lowest BCUT2D eigenvalue weighted by Crippen LogP contribution is -2.26. The van der Waals surface area contributed by atoms with E-state index in [1.54, 1.807) is 12.1 Å². The molecule has 100 valence electrons. The van der Waals surface area contributed by atoms with Gasteiger partial charge in [-0.15, -0.1) is 5.10 Å². The molecule has 0 saturated carbocycles. The summed E-state index contributed by atoms with van der Waals surface area (Å²) in [4.78, 5) is 0. The Kier molecular flexibility index (Phi) is 3.63. The molecule has 7 heteroatoms. The number of thioether (sulfide) groups is 1. The third-order valence-corrected chi connectivity index (χ3v) is 4.30. The maximum atomic E-state index is 13.8. The molecule has 1 aliphatic rings. The average Bonchev–Trinajstić information content (AvgIpc) is 2.96. The topological polar surface area (TPSA) is 55.6 Å². The van der Waals surface area contributed by atoms with Crippen LogP contribution in [0.3, 0.4) is 0 Å². The lowest BCUT2D eigenvalue weighted by Gasteiger charge is -2.24. The number of aromatic nitrogens is 4. The first-order valence-electron chi connectivity index (χ1n) is 6.20. The molecule has 0 amide bonds. The monoisotopic (exact) mass is 279 g/mol.